The number of anilines is 1. The summed E-state index contributed by atoms with van der Waals surface area (Å²) in [6.45, 7) is 2.42. The lowest BCUT2D eigenvalue weighted by atomic mass is 10.2. The van der Waals surface area contributed by atoms with E-state index in [2.05, 4.69) is 17.0 Å². The number of thioether (sulfide) groups is 1. The second kappa shape index (κ2) is 6.60. The van der Waals surface area contributed by atoms with Gasteiger partial charge in [-0.1, -0.05) is 18.2 Å². The predicted octanol–water partition coefficient (Wildman–Crippen LogP) is 1.17. The van der Waals surface area contributed by atoms with Gasteiger partial charge in [-0.2, -0.15) is 0 Å². The number of ether oxygens (including phenoxy) is 1. The van der Waals surface area contributed by atoms with Crippen molar-refractivity contribution < 1.29 is 14.3 Å². The van der Waals surface area contributed by atoms with Gasteiger partial charge in [-0.05, 0) is 18.1 Å². The van der Waals surface area contributed by atoms with Crippen molar-refractivity contribution in [3.63, 3.8) is 0 Å². The Hall–Kier alpha value is -1.69. The molecule has 0 aliphatic carbocycles. The molecule has 6 heteroatoms. The van der Waals surface area contributed by atoms with Crippen LogP contribution in [0, 0.1) is 0 Å². The van der Waals surface area contributed by atoms with Crippen LogP contribution in [-0.4, -0.2) is 61.1 Å². The number of rotatable bonds is 3. The van der Waals surface area contributed by atoms with E-state index in [4.69, 9.17) is 4.74 Å². The maximum Gasteiger partial charge on any atom is 0.320 e. The fourth-order valence-electron chi connectivity index (χ4n) is 2.98. The summed E-state index contributed by atoms with van der Waals surface area (Å²) in [4.78, 5) is 28.1. The lowest BCUT2D eigenvalue weighted by Gasteiger charge is -2.32. The fraction of sp³-hybridized carbons (Fsp3) is 0.500. The molecule has 1 atom stereocenters. The van der Waals surface area contributed by atoms with E-state index in [1.54, 1.807) is 16.7 Å². The molecular weight excluding hydrogens is 300 g/mol. The van der Waals surface area contributed by atoms with Crippen LogP contribution in [0.5, 0.6) is 0 Å². The Labute approximate surface area is 134 Å². The van der Waals surface area contributed by atoms with Gasteiger partial charge in [0, 0.05) is 31.1 Å². The number of benzene rings is 1. The molecule has 0 unspecified atom stereocenters. The van der Waals surface area contributed by atoms with Crippen molar-refractivity contribution in [1.82, 2.24) is 4.90 Å². The Balaban J connectivity index is 1.62. The molecule has 1 saturated heterocycles. The van der Waals surface area contributed by atoms with Crippen molar-refractivity contribution >= 4 is 29.3 Å². The van der Waals surface area contributed by atoms with Gasteiger partial charge < -0.3 is 14.5 Å². The normalized spacial score (nSPS) is 20.7. The van der Waals surface area contributed by atoms with Crippen LogP contribution in [-0.2, 0) is 20.7 Å². The molecular formula is C16H20N2O3S. The minimum atomic E-state index is -0.256. The molecule has 1 amide bonds. The van der Waals surface area contributed by atoms with Crippen LogP contribution in [0.15, 0.2) is 24.3 Å². The number of para-hydroxylation sites is 1. The monoisotopic (exact) mass is 320 g/mol. The Morgan fingerprint density at radius 3 is 2.95 bits per heavy atom. The molecule has 2 aliphatic rings. The van der Waals surface area contributed by atoms with E-state index in [0.29, 0.717) is 19.6 Å². The minimum Gasteiger partial charge on any atom is -0.468 e. The summed E-state index contributed by atoms with van der Waals surface area (Å²) < 4.78 is 4.79. The maximum absolute atomic E-state index is 12.5. The van der Waals surface area contributed by atoms with Crippen molar-refractivity contribution in [3.05, 3.63) is 29.8 Å². The molecule has 0 spiro atoms. The molecule has 0 aromatic heterocycles. The molecule has 22 heavy (non-hydrogen) atoms. The van der Waals surface area contributed by atoms with Crippen molar-refractivity contribution in [2.75, 3.05) is 43.9 Å². The Bertz CT molecular complexity index is 578. The Morgan fingerprint density at radius 2 is 2.14 bits per heavy atom. The molecule has 2 aliphatic heterocycles. The van der Waals surface area contributed by atoms with Gasteiger partial charge in [0.25, 0.3) is 0 Å². The van der Waals surface area contributed by atoms with Crippen LogP contribution >= 0.6 is 11.8 Å². The number of hydrogen-bond acceptors (Lipinski definition) is 5. The quantitative estimate of drug-likeness (QED) is 0.783. The van der Waals surface area contributed by atoms with E-state index >= 15 is 0 Å². The molecule has 1 aromatic carbocycles. The first-order chi connectivity index (χ1) is 10.7. The molecule has 5 nitrogen and oxygen atoms in total. The van der Waals surface area contributed by atoms with E-state index in [1.807, 2.05) is 12.1 Å². The van der Waals surface area contributed by atoms with Gasteiger partial charge in [-0.25, -0.2) is 0 Å². The SMILES string of the molecule is COC(=O)[C@@H]1CN(C(=O)CN2CCc3ccccc32)CCS1. The highest BCUT2D eigenvalue weighted by molar-refractivity contribution is 8.00. The molecule has 0 saturated carbocycles. The zero-order chi connectivity index (χ0) is 15.5. The minimum absolute atomic E-state index is 0.0888. The predicted molar refractivity (Wildman–Crippen MR) is 87.2 cm³/mol. The summed E-state index contributed by atoms with van der Waals surface area (Å²) in [6, 6.07) is 8.23. The van der Waals surface area contributed by atoms with E-state index < -0.39 is 0 Å². The Morgan fingerprint density at radius 1 is 1.32 bits per heavy atom. The molecule has 1 fully saturated rings. The van der Waals surface area contributed by atoms with Gasteiger partial charge >= 0.3 is 5.97 Å². The maximum atomic E-state index is 12.5. The van der Waals surface area contributed by atoms with Gasteiger partial charge in [-0.15, -0.1) is 11.8 Å². The average Bonchev–Trinajstić information content (AvgIpc) is 2.97. The van der Waals surface area contributed by atoms with Gasteiger partial charge in [0.2, 0.25) is 5.91 Å². The number of methoxy groups -OCH3 is 1. The number of carbonyl (C=O) groups excluding carboxylic acids is 2. The van der Waals surface area contributed by atoms with E-state index in [1.165, 1.54) is 12.7 Å². The summed E-state index contributed by atoms with van der Waals surface area (Å²) in [7, 11) is 1.39. The van der Waals surface area contributed by atoms with Crippen molar-refractivity contribution in [1.29, 1.82) is 0 Å². The van der Waals surface area contributed by atoms with Crippen LogP contribution in [0.2, 0.25) is 0 Å². The number of nitrogens with zero attached hydrogens (tertiary/aromatic N) is 2. The highest BCUT2D eigenvalue weighted by Gasteiger charge is 2.31. The van der Waals surface area contributed by atoms with E-state index in [-0.39, 0.29) is 17.1 Å². The number of fused-ring (bicyclic) bond motifs is 1. The largest absolute Gasteiger partial charge is 0.468 e. The summed E-state index contributed by atoms with van der Waals surface area (Å²) in [5, 5.41) is -0.256. The number of carbonyl (C=O) groups is 2. The third kappa shape index (κ3) is 3.06. The lowest BCUT2D eigenvalue weighted by Crippen LogP contribution is -2.48. The molecule has 0 bridgehead atoms. The molecule has 3 rings (SSSR count). The van der Waals surface area contributed by atoms with Crippen LogP contribution in [0.3, 0.4) is 0 Å². The van der Waals surface area contributed by atoms with Gasteiger partial charge in [0.05, 0.1) is 13.7 Å². The van der Waals surface area contributed by atoms with Gasteiger partial charge in [0.1, 0.15) is 5.25 Å². The first kappa shape index (κ1) is 15.2. The zero-order valence-corrected chi connectivity index (χ0v) is 13.5. The number of hydrogen-bond donors (Lipinski definition) is 0. The summed E-state index contributed by atoms with van der Waals surface area (Å²) in [5.74, 6) is 0.627. The fourth-order valence-corrected chi connectivity index (χ4v) is 4.11. The summed E-state index contributed by atoms with van der Waals surface area (Å²) in [5.41, 5.74) is 2.46. The van der Waals surface area contributed by atoms with Crippen LogP contribution in [0.25, 0.3) is 0 Å². The van der Waals surface area contributed by atoms with E-state index in [0.717, 1.165) is 24.4 Å². The third-order valence-corrected chi connectivity index (χ3v) is 5.35. The molecule has 1 aromatic rings. The third-order valence-electron chi connectivity index (χ3n) is 4.19. The van der Waals surface area contributed by atoms with Gasteiger partial charge in [0.15, 0.2) is 0 Å². The first-order valence-electron chi connectivity index (χ1n) is 7.49. The number of esters is 1. The second-order valence-corrected chi connectivity index (χ2v) is 6.83. The molecule has 2 heterocycles. The van der Waals surface area contributed by atoms with Crippen LogP contribution in [0.1, 0.15) is 5.56 Å². The summed E-state index contributed by atoms with van der Waals surface area (Å²) >= 11 is 1.57. The van der Waals surface area contributed by atoms with Gasteiger partial charge in [-0.3, -0.25) is 9.59 Å². The highest BCUT2D eigenvalue weighted by Crippen LogP contribution is 2.27. The number of amides is 1. The Kier molecular flexibility index (Phi) is 4.57. The van der Waals surface area contributed by atoms with E-state index in [9.17, 15) is 9.59 Å². The summed E-state index contributed by atoms with van der Waals surface area (Å²) in [6.07, 6.45) is 0.990. The topological polar surface area (TPSA) is 49.9 Å². The standard InChI is InChI=1S/C16H20N2O3S/c1-21-16(20)14-10-18(8-9-22-14)15(19)11-17-7-6-12-4-2-3-5-13(12)17/h2-5,14H,6-11H2,1H3/t14-/m0/s1. The van der Waals surface area contributed by atoms with Crippen molar-refractivity contribution in [2.45, 2.75) is 11.7 Å². The highest BCUT2D eigenvalue weighted by atomic mass is 32.2. The van der Waals surface area contributed by atoms with Crippen LogP contribution in [0.4, 0.5) is 5.69 Å². The smallest absolute Gasteiger partial charge is 0.320 e. The van der Waals surface area contributed by atoms with Crippen molar-refractivity contribution in [2.24, 2.45) is 0 Å². The molecule has 0 radical (unpaired) electrons. The zero-order valence-electron chi connectivity index (χ0n) is 12.7. The lowest BCUT2D eigenvalue weighted by molar-refractivity contribution is -0.141. The first-order valence-corrected chi connectivity index (χ1v) is 8.54. The van der Waals surface area contributed by atoms with Crippen LogP contribution < -0.4 is 4.90 Å². The van der Waals surface area contributed by atoms with Crippen molar-refractivity contribution in [3.8, 4) is 0 Å². The molecule has 0 N–H and O–H groups in total. The average molecular weight is 320 g/mol. The molecule has 118 valence electrons. The second-order valence-electron chi connectivity index (χ2n) is 5.52.